The Kier molecular flexibility index (Phi) is 5.50. The highest BCUT2D eigenvalue weighted by molar-refractivity contribution is 7.90. The lowest BCUT2D eigenvalue weighted by atomic mass is 10.1. The molecule has 19 heavy (non-hydrogen) atoms. The van der Waals surface area contributed by atoms with E-state index in [0.29, 0.717) is 24.6 Å². The van der Waals surface area contributed by atoms with Crippen LogP contribution in [-0.4, -0.2) is 33.7 Å². The van der Waals surface area contributed by atoms with Gasteiger partial charge in [-0.2, -0.15) is 0 Å². The van der Waals surface area contributed by atoms with Crippen LogP contribution in [0.5, 0.6) is 0 Å². The van der Waals surface area contributed by atoms with E-state index in [4.69, 9.17) is 5.73 Å². The van der Waals surface area contributed by atoms with Crippen molar-refractivity contribution in [2.45, 2.75) is 18.2 Å². The molecule has 0 aliphatic rings. The van der Waals surface area contributed by atoms with Crippen LogP contribution in [0.15, 0.2) is 29.2 Å². The first-order valence-corrected chi connectivity index (χ1v) is 8.02. The molecule has 1 amide bonds. The number of amides is 1. The molecule has 1 rings (SSSR count). The summed E-state index contributed by atoms with van der Waals surface area (Å²) in [5, 5.41) is 2.80. The van der Waals surface area contributed by atoms with E-state index in [1.807, 2.05) is 6.92 Å². The van der Waals surface area contributed by atoms with Crippen LogP contribution in [0.3, 0.4) is 0 Å². The number of carbonyl (C=O) groups is 1. The fourth-order valence-electron chi connectivity index (χ4n) is 1.61. The average Bonchev–Trinajstić information content (AvgIpc) is 2.35. The second kappa shape index (κ2) is 6.68. The van der Waals surface area contributed by atoms with Crippen molar-refractivity contribution >= 4 is 15.7 Å². The summed E-state index contributed by atoms with van der Waals surface area (Å²) >= 11 is 0. The number of hydrogen-bond donors (Lipinski definition) is 2. The minimum absolute atomic E-state index is 0.205. The normalized spacial score (nSPS) is 13.0. The molecule has 0 aliphatic carbocycles. The molecule has 0 radical (unpaired) electrons. The smallest absolute Gasteiger partial charge is 0.251 e. The molecule has 1 atom stereocenters. The number of nitrogens with one attached hydrogen (secondary N) is 1. The highest BCUT2D eigenvalue weighted by Gasteiger charge is 2.10. The quantitative estimate of drug-likeness (QED) is 0.809. The van der Waals surface area contributed by atoms with Crippen LogP contribution < -0.4 is 11.1 Å². The Labute approximate surface area is 114 Å². The van der Waals surface area contributed by atoms with Crippen LogP contribution in [0.1, 0.15) is 23.7 Å². The van der Waals surface area contributed by atoms with Gasteiger partial charge >= 0.3 is 0 Å². The van der Waals surface area contributed by atoms with Crippen molar-refractivity contribution in [1.29, 1.82) is 0 Å². The van der Waals surface area contributed by atoms with Crippen LogP contribution in [-0.2, 0) is 9.84 Å². The summed E-state index contributed by atoms with van der Waals surface area (Å²) in [7, 11) is -3.22. The molecule has 5 nitrogen and oxygen atoms in total. The monoisotopic (exact) mass is 284 g/mol. The summed E-state index contributed by atoms with van der Waals surface area (Å²) in [5.74, 6) is 0.119. The predicted molar refractivity (Wildman–Crippen MR) is 74.7 cm³/mol. The average molecular weight is 284 g/mol. The highest BCUT2D eigenvalue weighted by atomic mass is 32.2. The van der Waals surface area contributed by atoms with Crippen LogP contribution in [0.2, 0.25) is 0 Å². The maximum absolute atomic E-state index is 11.8. The zero-order valence-electron chi connectivity index (χ0n) is 11.2. The molecule has 3 N–H and O–H groups in total. The third-order valence-electron chi connectivity index (χ3n) is 2.82. The summed E-state index contributed by atoms with van der Waals surface area (Å²) in [4.78, 5) is 12.0. The van der Waals surface area contributed by atoms with Crippen LogP contribution in [0.25, 0.3) is 0 Å². The number of sulfone groups is 1. The Balaban J connectivity index is 2.64. The molecule has 0 saturated carbocycles. The third kappa shape index (κ3) is 5.00. The first kappa shape index (κ1) is 15.7. The van der Waals surface area contributed by atoms with E-state index < -0.39 is 9.84 Å². The SMILES string of the molecule is CC(CCN)CNC(=O)c1ccc(S(C)(=O)=O)cc1. The first-order valence-electron chi connectivity index (χ1n) is 6.13. The van der Waals surface area contributed by atoms with E-state index in [9.17, 15) is 13.2 Å². The van der Waals surface area contributed by atoms with Gasteiger partial charge in [-0.25, -0.2) is 8.42 Å². The van der Waals surface area contributed by atoms with Crippen molar-refractivity contribution in [3.05, 3.63) is 29.8 Å². The summed E-state index contributed by atoms with van der Waals surface area (Å²) in [6, 6.07) is 5.90. The fourth-order valence-corrected chi connectivity index (χ4v) is 2.24. The molecule has 1 aromatic rings. The molecule has 1 aromatic carbocycles. The molecule has 106 valence electrons. The lowest BCUT2D eigenvalue weighted by molar-refractivity contribution is 0.0947. The van der Waals surface area contributed by atoms with Gasteiger partial charge in [0.05, 0.1) is 4.90 Å². The molecule has 0 saturated heterocycles. The van der Waals surface area contributed by atoms with Crippen molar-refractivity contribution in [3.63, 3.8) is 0 Å². The maximum atomic E-state index is 11.8. The second-order valence-corrected chi connectivity index (χ2v) is 6.70. The molecule has 1 unspecified atom stereocenters. The molecule has 0 spiro atoms. The van der Waals surface area contributed by atoms with Crippen molar-refractivity contribution in [2.75, 3.05) is 19.3 Å². The summed E-state index contributed by atoms with van der Waals surface area (Å²) < 4.78 is 22.6. The van der Waals surface area contributed by atoms with Gasteiger partial charge in [0, 0.05) is 18.4 Å². The minimum Gasteiger partial charge on any atom is -0.352 e. The zero-order valence-corrected chi connectivity index (χ0v) is 12.0. The van der Waals surface area contributed by atoms with Crippen molar-refractivity contribution in [2.24, 2.45) is 11.7 Å². The Morgan fingerprint density at radius 3 is 2.37 bits per heavy atom. The van der Waals surface area contributed by atoms with Gasteiger partial charge in [-0.15, -0.1) is 0 Å². The van der Waals surface area contributed by atoms with Gasteiger partial charge < -0.3 is 11.1 Å². The van der Waals surface area contributed by atoms with Gasteiger partial charge in [0.1, 0.15) is 0 Å². The van der Waals surface area contributed by atoms with Gasteiger partial charge in [-0.1, -0.05) is 6.92 Å². The Morgan fingerprint density at radius 2 is 1.89 bits per heavy atom. The van der Waals surface area contributed by atoms with Crippen LogP contribution in [0, 0.1) is 5.92 Å². The summed E-state index contributed by atoms with van der Waals surface area (Å²) in [6.45, 7) is 3.17. The van der Waals surface area contributed by atoms with Gasteiger partial charge in [0.25, 0.3) is 5.91 Å². The standard InChI is InChI=1S/C13H20N2O3S/c1-10(7-8-14)9-15-13(16)11-3-5-12(6-4-11)19(2,17)18/h3-6,10H,7-9,14H2,1-2H3,(H,15,16). The predicted octanol–water partition coefficient (Wildman–Crippen LogP) is 0.805. The lowest BCUT2D eigenvalue weighted by Crippen LogP contribution is -2.29. The molecule has 0 bridgehead atoms. The van der Waals surface area contributed by atoms with E-state index in [0.717, 1.165) is 12.7 Å². The zero-order chi connectivity index (χ0) is 14.5. The maximum Gasteiger partial charge on any atom is 0.251 e. The van der Waals surface area contributed by atoms with Gasteiger partial charge in [0.15, 0.2) is 9.84 Å². The number of rotatable bonds is 6. The Hall–Kier alpha value is -1.40. The molecule has 6 heteroatoms. The molecule has 0 heterocycles. The van der Waals surface area contributed by atoms with Crippen molar-refractivity contribution in [3.8, 4) is 0 Å². The third-order valence-corrected chi connectivity index (χ3v) is 3.94. The lowest BCUT2D eigenvalue weighted by Gasteiger charge is -2.11. The van der Waals surface area contributed by atoms with Crippen molar-refractivity contribution < 1.29 is 13.2 Å². The van der Waals surface area contributed by atoms with E-state index in [-0.39, 0.29) is 10.8 Å². The Morgan fingerprint density at radius 1 is 1.32 bits per heavy atom. The number of nitrogens with two attached hydrogens (primary N) is 1. The largest absolute Gasteiger partial charge is 0.352 e. The van der Waals surface area contributed by atoms with E-state index in [2.05, 4.69) is 5.32 Å². The topological polar surface area (TPSA) is 89.3 Å². The number of hydrogen-bond acceptors (Lipinski definition) is 4. The first-order chi connectivity index (χ1) is 8.84. The summed E-state index contributed by atoms with van der Waals surface area (Å²) in [6.07, 6.45) is 1.99. The summed E-state index contributed by atoms with van der Waals surface area (Å²) in [5.41, 5.74) is 5.89. The molecule has 0 aliphatic heterocycles. The van der Waals surface area contributed by atoms with E-state index >= 15 is 0 Å². The highest BCUT2D eigenvalue weighted by Crippen LogP contribution is 2.10. The van der Waals surface area contributed by atoms with Gasteiger partial charge in [-0.3, -0.25) is 4.79 Å². The fraction of sp³-hybridized carbons (Fsp3) is 0.462. The molecular formula is C13H20N2O3S. The van der Waals surface area contributed by atoms with Gasteiger partial charge in [-0.05, 0) is 43.1 Å². The minimum atomic E-state index is -3.22. The van der Waals surface area contributed by atoms with Crippen molar-refractivity contribution in [1.82, 2.24) is 5.32 Å². The van der Waals surface area contributed by atoms with E-state index in [1.54, 1.807) is 0 Å². The van der Waals surface area contributed by atoms with E-state index in [1.165, 1.54) is 24.3 Å². The Bertz CT molecular complexity index is 523. The van der Waals surface area contributed by atoms with Gasteiger partial charge in [0.2, 0.25) is 0 Å². The molecule has 0 aromatic heterocycles. The molecule has 0 fully saturated rings. The second-order valence-electron chi connectivity index (χ2n) is 4.69. The molecular weight excluding hydrogens is 264 g/mol. The number of benzene rings is 1. The number of carbonyl (C=O) groups excluding carboxylic acids is 1. The van der Waals surface area contributed by atoms with Crippen LogP contribution in [0.4, 0.5) is 0 Å². The van der Waals surface area contributed by atoms with Crippen LogP contribution >= 0.6 is 0 Å².